The monoisotopic (exact) mass is 428 g/mol. The molecular weight excluding hydrogens is 407 g/mol. The van der Waals surface area contributed by atoms with E-state index in [0.717, 1.165) is 16.7 Å². The van der Waals surface area contributed by atoms with E-state index in [1.165, 1.54) is 0 Å². The lowest BCUT2D eigenvalue weighted by Crippen LogP contribution is -2.48. The molecule has 2 amide bonds. The zero-order chi connectivity index (χ0) is 20.8. The van der Waals surface area contributed by atoms with Crippen molar-refractivity contribution in [3.8, 4) is 0 Å². The van der Waals surface area contributed by atoms with E-state index < -0.39 is 5.41 Å². The van der Waals surface area contributed by atoms with Gasteiger partial charge >= 0.3 is 0 Å². The first kappa shape index (κ1) is 20.0. The van der Waals surface area contributed by atoms with Crippen LogP contribution in [0.3, 0.4) is 0 Å². The first-order valence-electron chi connectivity index (χ1n) is 9.64. The largest absolute Gasteiger partial charge is 0.355 e. The quantitative estimate of drug-likeness (QED) is 0.655. The van der Waals surface area contributed by atoms with Crippen molar-refractivity contribution in [3.05, 3.63) is 75.3 Å². The molecule has 1 saturated heterocycles. The number of hydrogen-bond donors (Lipinski definition) is 2. The summed E-state index contributed by atoms with van der Waals surface area (Å²) in [5, 5.41) is 7.22. The fraction of sp³-hybridized carbons (Fsp3) is 0.304. The van der Waals surface area contributed by atoms with Gasteiger partial charge in [-0.15, -0.1) is 0 Å². The molecule has 0 radical (unpaired) electrons. The summed E-state index contributed by atoms with van der Waals surface area (Å²) < 4.78 is 0. The predicted octanol–water partition coefficient (Wildman–Crippen LogP) is 5.07. The second-order valence-corrected chi connectivity index (χ2v) is 8.59. The molecule has 4 nitrogen and oxygen atoms in total. The fourth-order valence-electron chi connectivity index (χ4n) is 4.88. The van der Waals surface area contributed by atoms with Gasteiger partial charge in [-0.05, 0) is 49.2 Å². The first-order valence-corrected chi connectivity index (χ1v) is 10.4. The minimum atomic E-state index is -0.944. The van der Waals surface area contributed by atoms with E-state index in [9.17, 15) is 9.59 Å². The Morgan fingerprint density at radius 3 is 2.62 bits per heavy atom. The molecule has 3 atom stereocenters. The number of anilines is 1. The molecule has 1 spiro atoms. The van der Waals surface area contributed by atoms with Crippen molar-refractivity contribution >= 4 is 40.7 Å². The number of benzene rings is 2. The molecule has 4 rings (SSSR count). The zero-order valence-corrected chi connectivity index (χ0v) is 17.8. The molecule has 0 aliphatic carbocycles. The summed E-state index contributed by atoms with van der Waals surface area (Å²) >= 11 is 12.5. The van der Waals surface area contributed by atoms with Crippen LogP contribution in [-0.2, 0) is 15.0 Å². The van der Waals surface area contributed by atoms with Crippen LogP contribution in [-0.4, -0.2) is 18.4 Å². The lowest BCUT2D eigenvalue weighted by atomic mass is 9.59. The minimum Gasteiger partial charge on any atom is -0.355 e. The van der Waals surface area contributed by atoms with Crippen molar-refractivity contribution in [1.82, 2.24) is 5.32 Å². The third-order valence-electron chi connectivity index (χ3n) is 6.30. The number of rotatable bonds is 2. The van der Waals surface area contributed by atoms with Crippen molar-refractivity contribution in [2.24, 2.45) is 5.92 Å². The average Bonchev–Trinajstić information content (AvgIpc) is 2.86. The number of carbonyl (C=O) groups excluding carboxylic acids is 2. The van der Waals surface area contributed by atoms with Crippen molar-refractivity contribution in [1.29, 1.82) is 0 Å². The van der Waals surface area contributed by atoms with Crippen molar-refractivity contribution in [2.45, 2.75) is 31.6 Å². The molecule has 2 N–H and O–H groups in total. The summed E-state index contributed by atoms with van der Waals surface area (Å²) in [6.07, 6.45) is 2.23. The highest BCUT2D eigenvalue weighted by molar-refractivity contribution is 6.31. The van der Waals surface area contributed by atoms with Crippen LogP contribution in [0, 0.1) is 5.92 Å². The molecule has 2 aromatic carbocycles. The van der Waals surface area contributed by atoms with Gasteiger partial charge in [0.2, 0.25) is 11.8 Å². The van der Waals surface area contributed by atoms with E-state index in [4.69, 9.17) is 23.2 Å². The van der Waals surface area contributed by atoms with Gasteiger partial charge in [-0.3, -0.25) is 9.59 Å². The summed E-state index contributed by atoms with van der Waals surface area (Å²) in [5.74, 6) is -0.742. The van der Waals surface area contributed by atoms with Crippen LogP contribution >= 0.6 is 23.2 Å². The third kappa shape index (κ3) is 3.15. The van der Waals surface area contributed by atoms with Crippen molar-refractivity contribution in [3.63, 3.8) is 0 Å². The topological polar surface area (TPSA) is 58.2 Å². The maximum Gasteiger partial charge on any atom is 0.236 e. The van der Waals surface area contributed by atoms with Gasteiger partial charge in [0.25, 0.3) is 0 Å². The third-order valence-corrected chi connectivity index (χ3v) is 6.77. The standard InChI is InChI=1S/C23H22Cl2N2O2/c1-3-13(2)18-11-21(28)26-12-19(14-5-4-6-15(24)9-14)23(18)17-8-7-16(25)10-20(17)27-22(23)29/h3-10,18-19H,11-12H2,1-2H3,(H,26,28)(H,27,29)/t18-,19+,23-/m1/s1. The van der Waals surface area contributed by atoms with E-state index in [2.05, 4.69) is 10.6 Å². The van der Waals surface area contributed by atoms with E-state index in [-0.39, 0.29) is 30.1 Å². The van der Waals surface area contributed by atoms with Gasteiger partial charge in [0, 0.05) is 40.5 Å². The Morgan fingerprint density at radius 2 is 1.90 bits per heavy atom. The van der Waals surface area contributed by atoms with Crippen LogP contribution in [0.4, 0.5) is 5.69 Å². The van der Waals surface area contributed by atoms with Crippen LogP contribution in [0.2, 0.25) is 10.0 Å². The van der Waals surface area contributed by atoms with Gasteiger partial charge in [0.05, 0.1) is 5.41 Å². The Morgan fingerprint density at radius 1 is 1.14 bits per heavy atom. The van der Waals surface area contributed by atoms with E-state index in [1.54, 1.807) is 12.1 Å². The van der Waals surface area contributed by atoms with Gasteiger partial charge in [0.1, 0.15) is 0 Å². The van der Waals surface area contributed by atoms with Crippen LogP contribution in [0.1, 0.15) is 37.3 Å². The number of hydrogen-bond acceptors (Lipinski definition) is 2. The average molecular weight is 429 g/mol. The fourth-order valence-corrected chi connectivity index (χ4v) is 5.26. The predicted molar refractivity (Wildman–Crippen MR) is 117 cm³/mol. The minimum absolute atomic E-state index is 0.0599. The molecule has 6 heteroatoms. The van der Waals surface area contributed by atoms with Gasteiger partial charge in [-0.2, -0.15) is 0 Å². The number of nitrogens with one attached hydrogen (secondary N) is 2. The summed E-state index contributed by atoms with van der Waals surface area (Å²) in [4.78, 5) is 26.4. The molecule has 2 aromatic rings. The molecule has 2 aliphatic heterocycles. The number of carbonyl (C=O) groups is 2. The van der Waals surface area contributed by atoms with Gasteiger partial charge in [-0.1, -0.05) is 53.1 Å². The van der Waals surface area contributed by atoms with Crippen LogP contribution < -0.4 is 10.6 Å². The van der Waals surface area contributed by atoms with E-state index >= 15 is 0 Å². The summed E-state index contributed by atoms with van der Waals surface area (Å²) in [7, 11) is 0. The maximum absolute atomic E-state index is 13.7. The number of fused-ring (bicyclic) bond motifs is 2. The summed E-state index contributed by atoms with van der Waals surface area (Å²) in [6, 6.07) is 13.0. The Kier molecular flexibility index (Phi) is 5.18. The van der Waals surface area contributed by atoms with Crippen LogP contribution in [0.5, 0.6) is 0 Å². The molecule has 0 unspecified atom stereocenters. The molecule has 1 fully saturated rings. The molecule has 2 aliphatic rings. The lowest BCUT2D eigenvalue weighted by Gasteiger charge is -2.41. The summed E-state index contributed by atoms with van der Waals surface area (Å²) in [6.45, 7) is 4.28. The van der Waals surface area contributed by atoms with Crippen LogP contribution in [0.15, 0.2) is 54.1 Å². The molecule has 0 aromatic heterocycles. The van der Waals surface area contributed by atoms with Gasteiger partial charge in [-0.25, -0.2) is 0 Å². The highest BCUT2D eigenvalue weighted by Crippen LogP contribution is 2.55. The molecule has 29 heavy (non-hydrogen) atoms. The molecule has 150 valence electrons. The molecule has 0 saturated carbocycles. The highest BCUT2D eigenvalue weighted by Gasteiger charge is 2.59. The van der Waals surface area contributed by atoms with Crippen LogP contribution in [0.25, 0.3) is 0 Å². The van der Waals surface area contributed by atoms with Gasteiger partial charge in [0.15, 0.2) is 0 Å². The van der Waals surface area contributed by atoms with E-state index in [0.29, 0.717) is 22.3 Å². The van der Waals surface area contributed by atoms with Gasteiger partial charge < -0.3 is 10.6 Å². The Hall–Kier alpha value is -2.30. The van der Waals surface area contributed by atoms with Crippen molar-refractivity contribution < 1.29 is 9.59 Å². The summed E-state index contributed by atoms with van der Waals surface area (Å²) in [5.41, 5.74) is 2.57. The normalized spacial score (nSPS) is 26.7. The smallest absolute Gasteiger partial charge is 0.236 e. The van der Waals surface area contributed by atoms with Crippen molar-refractivity contribution in [2.75, 3.05) is 11.9 Å². The first-order chi connectivity index (χ1) is 13.9. The molecule has 0 bridgehead atoms. The van der Waals surface area contributed by atoms with E-state index in [1.807, 2.05) is 50.3 Å². The highest BCUT2D eigenvalue weighted by atomic mass is 35.5. The Balaban J connectivity index is 2.04. The Labute approximate surface area is 180 Å². The number of amides is 2. The second kappa shape index (κ2) is 7.51. The number of allylic oxidation sites excluding steroid dienone is 2. The molecule has 2 heterocycles. The molecular formula is C23H22Cl2N2O2. The lowest BCUT2D eigenvalue weighted by molar-refractivity contribution is -0.124. The maximum atomic E-state index is 13.7. The zero-order valence-electron chi connectivity index (χ0n) is 16.3. The Bertz CT molecular complexity index is 1030. The second-order valence-electron chi connectivity index (χ2n) is 7.71. The SMILES string of the molecule is CC=C(C)[C@H]1CC(=O)NC[C@@H](c2cccc(Cl)c2)[C@]12C(=O)Nc1cc(Cl)ccc12. The number of halogens is 2.